The van der Waals surface area contributed by atoms with Gasteiger partial charge < -0.3 is 173 Å². The number of carbonyl (C=O) groups excluding carboxylic acids is 17. The van der Waals surface area contributed by atoms with Crippen LogP contribution in [0.1, 0.15) is 139 Å². The number of phenols is 2. The van der Waals surface area contributed by atoms with E-state index >= 15 is 28.8 Å². The fourth-order valence-electron chi connectivity index (χ4n) is 15.3. The van der Waals surface area contributed by atoms with Crippen LogP contribution in [0.5, 0.6) is 11.5 Å². The van der Waals surface area contributed by atoms with Crippen LogP contribution >= 0.6 is 25.3 Å². The predicted octanol–water partition coefficient (Wildman–Crippen LogP) is -7.71. The molecule has 1 aliphatic rings. The minimum atomic E-state index is -1.67. The number of urea groups is 3. The molecule has 20 amide bonds. The van der Waals surface area contributed by atoms with Crippen LogP contribution in [0.3, 0.4) is 0 Å². The number of unbranched alkanes of at least 4 members (excludes halogenated alkanes) is 1. The van der Waals surface area contributed by atoms with Crippen molar-refractivity contribution in [2.75, 3.05) is 70.4 Å². The zero-order valence-corrected chi connectivity index (χ0v) is 82.3. The summed E-state index contributed by atoms with van der Waals surface area (Å²) in [6, 6.07) is -0.220. The molecule has 0 bridgehead atoms. The van der Waals surface area contributed by atoms with Gasteiger partial charge in [0.25, 0.3) is 0 Å². The van der Waals surface area contributed by atoms with Gasteiger partial charge in [-0.3, -0.25) is 88.8 Å². The number of hydrogen-bond donors (Lipinski definition) is 37. The van der Waals surface area contributed by atoms with Gasteiger partial charge in [0, 0.05) is 83.1 Å². The van der Waals surface area contributed by atoms with E-state index in [1.54, 1.807) is 24.3 Å². The molecule has 0 saturated carbocycles. The number of hydrogen-bond acceptors (Lipinski definition) is 27. The average molecular weight is 2070 g/mol. The smallest absolute Gasteiger partial charge is 0.312 e. The number of fused-ring (bicyclic) bond motifs is 1. The van der Waals surface area contributed by atoms with Gasteiger partial charge >= 0.3 is 18.1 Å². The maximum atomic E-state index is 15.5. The summed E-state index contributed by atoms with van der Waals surface area (Å²) < 4.78 is 0. The molecule has 0 radical (unpaired) electrons. The van der Waals surface area contributed by atoms with Crippen molar-refractivity contribution in [1.29, 1.82) is 21.6 Å². The summed E-state index contributed by atoms with van der Waals surface area (Å²) in [4.78, 5) is 241. The fraction of sp³-hybridized carbons (Fsp3) is 0.522. The lowest BCUT2D eigenvalue weighted by Crippen LogP contribution is -2.61. The van der Waals surface area contributed by atoms with Crippen molar-refractivity contribution in [3.05, 3.63) is 108 Å². The molecule has 14 atom stereocenters. The van der Waals surface area contributed by atoms with Gasteiger partial charge in [0.05, 0.1) is 6.04 Å². The molecule has 145 heavy (non-hydrogen) atoms. The summed E-state index contributed by atoms with van der Waals surface area (Å²) in [6.07, 6.45) is -1.18. The maximum Gasteiger partial charge on any atom is 0.312 e. The molecule has 1 fully saturated rings. The van der Waals surface area contributed by atoms with E-state index in [0.29, 0.717) is 16.7 Å². The Morgan fingerprint density at radius 1 is 0.331 bits per heavy atom. The topological polar surface area (TPSA) is 918 Å². The molecule has 0 aromatic heterocycles. The summed E-state index contributed by atoms with van der Waals surface area (Å²) in [7, 11) is 0. The van der Waals surface area contributed by atoms with E-state index in [9.17, 15) is 63.0 Å². The molecule has 1 aliphatic heterocycles. The molecule has 0 spiro atoms. The molecule has 0 unspecified atom stereocenters. The second-order valence-electron chi connectivity index (χ2n) is 34.4. The Bertz CT molecular complexity index is 5050. The normalized spacial score (nSPS) is 14.7. The first-order valence-corrected chi connectivity index (χ1v) is 48.6. The molecule has 4 aromatic rings. The summed E-state index contributed by atoms with van der Waals surface area (Å²) in [5, 5.41) is 102. The Hall–Kier alpha value is -15.2. The minimum absolute atomic E-state index is 0.00119. The highest BCUT2D eigenvalue weighted by Gasteiger charge is 2.42. The van der Waals surface area contributed by atoms with Crippen LogP contribution in [0.2, 0.25) is 0 Å². The molecule has 55 heteroatoms. The van der Waals surface area contributed by atoms with Gasteiger partial charge in [0.2, 0.25) is 82.7 Å². The quantitative estimate of drug-likeness (QED) is 0.00845. The number of thiol groups is 2. The largest absolute Gasteiger partial charge is 0.508 e. The van der Waals surface area contributed by atoms with Gasteiger partial charge in [-0.15, -0.1) is 0 Å². The van der Waals surface area contributed by atoms with Crippen LogP contribution in [-0.2, 0) is 86.4 Å². The summed E-state index contributed by atoms with van der Waals surface area (Å²) in [6.45, 7) is -0.110. The Morgan fingerprint density at radius 2 is 0.621 bits per heavy atom. The first kappa shape index (κ1) is 120. The van der Waals surface area contributed by atoms with Gasteiger partial charge in [-0.25, -0.2) is 14.4 Å². The van der Waals surface area contributed by atoms with Crippen molar-refractivity contribution in [1.82, 2.24) is 106 Å². The van der Waals surface area contributed by atoms with Crippen molar-refractivity contribution in [2.45, 2.75) is 226 Å². The second-order valence-corrected chi connectivity index (χ2v) is 35.2. The third kappa shape index (κ3) is 45.8. The molecule has 798 valence electrons. The molecular weight excluding hydrogens is 1930 g/mol. The number of primary amides is 4. The fourth-order valence-corrected chi connectivity index (χ4v) is 15.8. The molecule has 1 heterocycles. The number of rotatable bonds is 66. The van der Waals surface area contributed by atoms with Gasteiger partial charge in [0.1, 0.15) is 90.0 Å². The number of nitrogens with one attached hydrogen (secondary N) is 23. The number of guanidine groups is 4. The minimum Gasteiger partial charge on any atom is -0.508 e. The first-order chi connectivity index (χ1) is 69.0. The third-order valence-corrected chi connectivity index (χ3v) is 23.7. The molecule has 5 rings (SSSR count). The number of benzene rings is 4. The van der Waals surface area contributed by atoms with E-state index in [2.05, 4.69) is 126 Å². The van der Waals surface area contributed by atoms with Crippen LogP contribution in [0.4, 0.5) is 14.4 Å². The molecule has 45 N–H and O–H groups in total. The number of phenolic OH excluding ortho intramolecular Hbond substituents is 2. The molecule has 0 aliphatic carbocycles. The van der Waals surface area contributed by atoms with E-state index in [0.717, 1.165) is 15.7 Å². The Balaban J connectivity index is 1.49. The number of nitrogens with two attached hydrogens (primary N) is 10. The lowest BCUT2D eigenvalue weighted by atomic mass is 10.00. The van der Waals surface area contributed by atoms with Crippen molar-refractivity contribution in [3.8, 4) is 11.5 Å². The summed E-state index contributed by atoms with van der Waals surface area (Å²) >= 11 is 8.70. The van der Waals surface area contributed by atoms with Gasteiger partial charge in [-0.1, -0.05) is 66.7 Å². The Labute approximate surface area is 848 Å². The summed E-state index contributed by atoms with van der Waals surface area (Å²) in [5.41, 5.74) is 57.1. The lowest BCUT2D eigenvalue weighted by molar-refractivity contribution is -0.142. The maximum absolute atomic E-state index is 15.5. The molecule has 1 saturated heterocycles. The van der Waals surface area contributed by atoms with Crippen LogP contribution in [0.15, 0.2) is 91.0 Å². The van der Waals surface area contributed by atoms with E-state index in [1.807, 2.05) is 18.2 Å². The van der Waals surface area contributed by atoms with Gasteiger partial charge in [0.15, 0.2) is 23.8 Å². The van der Waals surface area contributed by atoms with Crippen molar-refractivity contribution in [3.63, 3.8) is 0 Å². The van der Waals surface area contributed by atoms with E-state index in [1.165, 1.54) is 48.5 Å². The highest BCUT2D eigenvalue weighted by molar-refractivity contribution is 7.80. The van der Waals surface area contributed by atoms with Gasteiger partial charge in [-0.2, -0.15) is 25.3 Å². The highest BCUT2D eigenvalue weighted by atomic mass is 32.1. The number of aromatic hydroxyl groups is 2. The SMILES string of the molecule is N=C(N)NCCC[C@H](NC(=O)[C@H](CS)NC(=O)[C@H](CCCNC(N)=O)NC(=O)[C@H](CCCNC(=N)N)NC(=O)[C@H](Cc1ccc(O)cc1)NC(=O)[C@@H]1CCCN1C(=O)[C@H](CCCNC(N)=O)NC(=O)[C@H](CCCCN)NC(=O)[C@H](CCCNC(=N)N)NC(=O)[C@H](Cc1ccc(O)cc1)NC(=O)[C@H](CS)NC(=O)[C@H](Cc1ccc2ccccc2c1)NC(=O)[C@H](CCCNC(=N)N)NC(=O)[C@@H](N)CCCNC(N)=O)C(N)=O. The average Bonchev–Trinajstić information content (AvgIpc) is 1.68. The number of amides is 20. The van der Waals surface area contributed by atoms with Gasteiger partial charge in [-0.05, 0) is 180 Å². The summed E-state index contributed by atoms with van der Waals surface area (Å²) in [5.74, 6) is -16.1. The standard InChI is InChI=1S/C90H142N34O19S2/c91-34-4-3-16-58(114-72(129)60(19-8-37-107-86(98)99)116-77(134)64(44-49-25-30-54(125)31-26-49)120-81(138)68(48-145)123-79(136)66(46-51-24-29-52-13-1-2-14-53(52)43-51)119-75(132)59(18-7-36-106-85(96)97)113-71(128)56(92)15-5-39-109-88(102)141)74(131)118-63(22-11-41-111-90(104)143)83(140)124-42-12-23-69(124)82(139)121-65(45-50-27-32-55(126)33-28-50)78(135)117-61(20-9-38-108-87(100)101)73(130)115-62(21-10-40-110-89(103)142)76(133)122-67(47-144)80(137)112-57(70(93)127)17-6-35-105-84(94)95/h1-2,13-14,24-33,43,56-69,125-126,144-145H,3-12,15-23,34-42,44-48,91-92H2,(H2,93,127)(H,112,137)(H,113,128)(H,114,129)(H,115,130)(H,116,134)(H,117,135)(H,118,131)(H,119,132)(H,120,138)(H,121,139)(H,122,133)(H,123,136)(H4,94,95,105)(H4,96,97,106)(H4,98,99,107)(H4,100,101,108)(H3,102,109,141)(H3,103,110,142)(H3,104,111,143)/t56-,57-,58-,59-,60-,61-,62-,63-,64-,65-,66-,67-,68-,69-/m0/s1. The van der Waals surface area contributed by atoms with Crippen molar-refractivity contribution < 1.29 is 91.7 Å². The van der Waals surface area contributed by atoms with Crippen LogP contribution in [0.25, 0.3) is 10.8 Å². The molecule has 4 aromatic carbocycles. The zero-order valence-electron chi connectivity index (χ0n) is 80.5. The molecular formula is C90H142N34O19S2. The first-order valence-electron chi connectivity index (χ1n) is 47.4. The molecule has 53 nitrogen and oxygen atoms in total. The zero-order chi connectivity index (χ0) is 107. The predicted molar refractivity (Wildman–Crippen MR) is 544 cm³/mol. The van der Waals surface area contributed by atoms with E-state index in [-0.39, 0.29) is 229 Å². The third-order valence-electron chi connectivity index (χ3n) is 23.0. The van der Waals surface area contributed by atoms with E-state index < -0.39 is 203 Å². The van der Waals surface area contributed by atoms with E-state index in [4.69, 9.17) is 79.0 Å². The van der Waals surface area contributed by atoms with Crippen LogP contribution in [0, 0.1) is 21.6 Å². The van der Waals surface area contributed by atoms with Crippen molar-refractivity contribution in [2.24, 2.45) is 57.3 Å². The number of carbonyl (C=O) groups is 17. The Morgan fingerprint density at radius 3 is 0.986 bits per heavy atom. The number of nitrogens with zero attached hydrogens (tertiary/aromatic N) is 1. The number of likely N-dealkylation sites (tertiary alicyclic amines) is 1. The van der Waals surface area contributed by atoms with Crippen molar-refractivity contribution >= 4 is 161 Å². The second kappa shape index (κ2) is 64.4. The van der Waals surface area contributed by atoms with Crippen LogP contribution < -0.4 is 158 Å². The Kier molecular flexibility index (Phi) is 53.4. The highest BCUT2D eigenvalue weighted by Crippen LogP contribution is 2.24. The monoisotopic (exact) mass is 2070 g/mol. The van der Waals surface area contributed by atoms with Crippen LogP contribution in [-0.4, -0.2) is 295 Å². The lowest BCUT2D eigenvalue weighted by Gasteiger charge is -2.31.